The fraction of sp³-hybridized carbons (Fsp3) is 1.00. The van der Waals surface area contributed by atoms with Gasteiger partial charge in [0.05, 0.1) is 0 Å². The Labute approximate surface area is 203 Å². The third kappa shape index (κ3) is 16.5. The van der Waals surface area contributed by atoms with Crippen LogP contribution in [0.5, 0.6) is 0 Å². The van der Waals surface area contributed by atoms with Crippen LogP contribution in [-0.4, -0.2) is 29.1 Å². The summed E-state index contributed by atoms with van der Waals surface area (Å²) >= 11 is 4.56. The maximum absolute atomic E-state index is 4.56. The monoisotopic (exact) mass is 456 g/mol. The summed E-state index contributed by atoms with van der Waals surface area (Å²) in [5.74, 6) is 0.751. The van der Waals surface area contributed by atoms with Crippen molar-refractivity contribution in [2.24, 2.45) is 5.92 Å². The van der Waals surface area contributed by atoms with Gasteiger partial charge in [0, 0.05) is 19.6 Å². The molecule has 0 spiro atoms. The van der Waals surface area contributed by atoms with Crippen LogP contribution in [0.3, 0.4) is 0 Å². The van der Waals surface area contributed by atoms with Crippen LogP contribution in [0.2, 0.25) is 0 Å². The van der Waals surface area contributed by atoms with E-state index in [4.69, 9.17) is 0 Å². The van der Waals surface area contributed by atoms with Crippen molar-refractivity contribution in [1.82, 2.24) is 9.42 Å². The summed E-state index contributed by atoms with van der Waals surface area (Å²) < 4.78 is 1.96. The normalized spacial score (nSPS) is 13.5. The molecule has 0 radical (unpaired) electrons. The topological polar surface area (TPSA) is 6.48 Å². The first-order valence-corrected chi connectivity index (χ1v) is 14.4. The van der Waals surface area contributed by atoms with E-state index in [1.165, 1.54) is 128 Å². The molecule has 0 aliphatic rings. The number of unbranched alkanes of at least 4 members (excludes halogenated alkanes) is 16. The summed E-state index contributed by atoms with van der Waals surface area (Å²) in [4.78, 5) is 0. The molecule has 0 aromatic rings. The number of hydrazine groups is 1. The van der Waals surface area contributed by atoms with E-state index in [-0.39, 0.29) is 5.54 Å². The van der Waals surface area contributed by atoms with Gasteiger partial charge in [0.25, 0.3) is 0 Å². The molecule has 0 amide bonds. The Bertz CT molecular complexity index is 370. The molecule has 0 rings (SSSR count). The second-order valence-electron chi connectivity index (χ2n) is 10.6. The molecule has 0 aliphatic heterocycles. The van der Waals surface area contributed by atoms with E-state index >= 15 is 0 Å². The minimum absolute atomic E-state index is 0.166. The molecule has 3 heteroatoms. The summed E-state index contributed by atoms with van der Waals surface area (Å²) in [5.41, 5.74) is 0.166. The molecule has 1 unspecified atom stereocenters. The maximum Gasteiger partial charge on any atom is 0.0334 e. The first kappa shape index (κ1) is 31.3. The van der Waals surface area contributed by atoms with Crippen LogP contribution >= 0.6 is 12.8 Å². The molecule has 0 N–H and O–H groups in total. The highest BCUT2D eigenvalue weighted by Crippen LogP contribution is 2.33. The lowest BCUT2D eigenvalue weighted by molar-refractivity contribution is -0.0241. The molecule has 1 atom stereocenters. The zero-order valence-corrected chi connectivity index (χ0v) is 23.5. The molecule has 0 saturated heterocycles. The standard InChI is InChI=1S/C28H60N2S/c1-7-9-11-13-14-15-16-17-18-19-20-21-22-24-26-27(25-23-12-10-8-2)28(3,4)29(5)30(6)31/h27,31H,7-26H2,1-6H3. The average Bonchev–Trinajstić information content (AvgIpc) is 2.74. The predicted octanol–water partition coefficient (Wildman–Crippen LogP) is 9.85. The van der Waals surface area contributed by atoms with E-state index < -0.39 is 0 Å². The van der Waals surface area contributed by atoms with Crippen molar-refractivity contribution >= 4 is 12.8 Å². The number of hydrogen-bond acceptors (Lipinski definition) is 3. The van der Waals surface area contributed by atoms with Gasteiger partial charge in [0.1, 0.15) is 0 Å². The highest BCUT2D eigenvalue weighted by Gasteiger charge is 2.34. The Morgan fingerprint density at radius 2 is 0.839 bits per heavy atom. The summed E-state index contributed by atoms with van der Waals surface area (Å²) in [6.07, 6.45) is 28.4. The fourth-order valence-electron chi connectivity index (χ4n) is 4.89. The third-order valence-corrected chi connectivity index (χ3v) is 7.85. The Hall–Kier alpha value is 0.270. The van der Waals surface area contributed by atoms with E-state index in [9.17, 15) is 0 Å². The van der Waals surface area contributed by atoms with Gasteiger partial charge >= 0.3 is 0 Å². The Morgan fingerprint density at radius 3 is 1.16 bits per heavy atom. The Balaban J connectivity index is 3.93. The van der Waals surface area contributed by atoms with E-state index in [2.05, 4.69) is 52.6 Å². The molecule has 0 aromatic carbocycles. The molecule has 0 saturated carbocycles. The maximum atomic E-state index is 4.56. The highest BCUT2D eigenvalue weighted by atomic mass is 32.1. The first-order chi connectivity index (χ1) is 14.9. The summed E-state index contributed by atoms with van der Waals surface area (Å²) in [7, 11) is 4.24. The quantitative estimate of drug-likeness (QED) is 0.0928. The van der Waals surface area contributed by atoms with E-state index in [1.54, 1.807) is 0 Å². The molecule has 31 heavy (non-hydrogen) atoms. The summed E-state index contributed by atoms with van der Waals surface area (Å²) in [5, 5.41) is 2.32. The molecule has 0 aromatic heterocycles. The molecule has 2 nitrogen and oxygen atoms in total. The lowest BCUT2D eigenvalue weighted by Gasteiger charge is -2.44. The van der Waals surface area contributed by atoms with E-state index in [0.29, 0.717) is 0 Å². The van der Waals surface area contributed by atoms with Crippen molar-refractivity contribution in [3.8, 4) is 0 Å². The summed E-state index contributed by atoms with van der Waals surface area (Å²) in [6.45, 7) is 9.43. The van der Waals surface area contributed by atoms with Crippen molar-refractivity contribution in [3.05, 3.63) is 0 Å². The van der Waals surface area contributed by atoms with Gasteiger partial charge in [-0.05, 0) is 32.6 Å². The Kier molecular flexibility index (Phi) is 21.0. The van der Waals surface area contributed by atoms with Crippen molar-refractivity contribution in [2.75, 3.05) is 14.1 Å². The third-order valence-electron chi connectivity index (χ3n) is 7.58. The van der Waals surface area contributed by atoms with Crippen LogP contribution in [0, 0.1) is 5.92 Å². The second-order valence-corrected chi connectivity index (χ2v) is 11.2. The van der Waals surface area contributed by atoms with Crippen LogP contribution in [-0.2, 0) is 0 Å². The van der Waals surface area contributed by atoms with Gasteiger partial charge < -0.3 is 0 Å². The number of thiol groups is 1. The lowest BCUT2D eigenvalue weighted by atomic mass is 9.79. The van der Waals surface area contributed by atoms with Crippen LogP contribution < -0.4 is 0 Å². The van der Waals surface area contributed by atoms with Crippen LogP contribution in [0.1, 0.15) is 156 Å². The van der Waals surface area contributed by atoms with E-state index in [0.717, 1.165) is 5.92 Å². The van der Waals surface area contributed by atoms with Crippen molar-refractivity contribution in [2.45, 2.75) is 162 Å². The molecule has 0 heterocycles. The van der Waals surface area contributed by atoms with Gasteiger partial charge in [-0.25, -0.2) is 5.01 Å². The largest absolute Gasteiger partial charge is 0.230 e. The minimum Gasteiger partial charge on any atom is -0.230 e. The smallest absolute Gasteiger partial charge is 0.0334 e. The first-order valence-electron chi connectivity index (χ1n) is 14.0. The SMILES string of the molecule is CCCCCCCCCCCCCCCCC(CCCCCC)C(C)(C)N(C)N(C)S. The Morgan fingerprint density at radius 1 is 0.548 bits per heavy atom. The molecule has 0 aliphatic carbocycles. The highest BCUT2D eigenvalue weighted by molar-refractivity contribution is 7.77. The van der Waals surface area contributed by atoms with Crippen LogP contribution in [0.4, 0.5) is 0 Å². The van der Waals surface area contributed by atoms with Crippen molar-refractivity contribution in [3.63, 3.8) is 0 Å². The number of hydrogen-bond donors (Lipinski definition) is 1. The van der Waals surface area contributed by atoms with Gasteiger partial charge in [0.15, 0.2) is 0 Å². The minimum atomic E-state index is 0.166. The fourth-order valence-corrected chi connectivity index (χ4v) is 5.12. The van der Waals surface area contributed by atoms with Gasteiger partial charge in [0.2, 0.25) is 0 Å². The van der Waals surface area contributed by atoms with Gasteiger partial charge in [-0.3, -0.25) is 0 Å². The molecular weight excluding hydrogens is 396 g/mol. The van der Waals surface area contributed by atoms with Gasteiger partial charge in [-0.15, -0.1) is 0 Å². The molecule has 188 valence electrons. The summed E-state index contributed by atoms with van der Waals surface area (Å²) in [6, 6.07) is 0. The lowest BCUT2D eigenvalue weighted by Crippen LogP contribution is -2.51. The van der Waals surface area contributed by atoms with Crippen LogP contribution in [0.15, 0.2) is 0 Å². The average molecular weight is 457 g/mol. The van der Waals surface area contributed by atoms with Crippen molar-refractivity contribution in [1.29, 1.82) is 0 Å². The van der Waals surface area contributed by atoms with Gasteiger partial charge in [-0.1, -0.05) is 142 Å². The van der Waals surface area contributed by atoms with E-state index in [1.807, 2.05) is 11.5 Å². The second kappa shape index (κ2) is 20.8. The molecular formula is C28H60N2S. The number of nitrogens with zero attached hydrogens (tertiary/aromatic N) is 2. The zero-order chi connectivity index (χ0) is 23.4. The molecule has 0 fully saturated rings. The predicted molar refractivity (Wildman–Crippen MR) is 146 cm³/mol. The zero-order valence-electron chi connectivity index (χ0n) is 22.6. The van der Waals surface area contributed by atoms with Gasteiger partial charge in [-0.2, -0.15) is 4.41 Å². The molecule has 0 bridgehead atoms. The van der Waals surface area contributed by atoms with Crippen molar-refractivity contribution < 1.29 is 0 Å². The van der Waals surface area contributed by atoms with Crippen LogP contribution in [0.25, 0.3) is 0 Å². The number of rotatable bonds is 23.